The lowest BCUT2D eigenvalue weighted by Crippen LogP contribution is -2.47. The molecule has 4 N–H and O–H groups in total. The molecule has 2 aromatic carbocycles. The summed E-state index contributed by atoms with van der Waals surface area (Å²) in [5.41, 5.74) is 4.25. The summed E-state index contributed by atoms with van der Waals surface area (Å²) in [6.07, 6.45) is -0.305. The van der Waals surface area contributed by atoms with Crippen molar-refractivity contribution >= 4 is 18.0 Å². The Bertz CT molecular complexity index is 1020. The number of carboxylic acids is 1. The van der Waals surface area contributed by atoms with Gasteiger partial charge in [0.25, 0.3) is 0 Å². The van der Waals surface area contributed by atoms with Gasteiger partial charge in [-0.15, -0.1) is 0 Å². The van der Waals surface area contributed by atoms with Crippen LogP contribution in [0.15, 0.2) is 48.5 Å². The predicted molar refractivity (Wildman–Crippen MR) is 132 cm³/mol. The minimum atomic E-state index is -1.22. The predicted octanol–water partition coefficient (Wildman–Crippen LogP) is 3.53. The van der Waals surface area contributed by atoms with Crippen molar-refractivity contribution in [2.45, 2.75) is 45.6 Å². The first-order valence-electron chi connectivity index (χ1n) is 11.8. The van der Waals surface area contributed by atoms with Crippen LogP contribution in [-0.2, 0) is 14.3 Å². The molecule has 0 aromatic heterocycles. The highest BCUT2D eigenvalue weighted by atomic mass is 16.5. The van der Waals surface area contributed by atoms with Crippen LogP contribution in [0.25, 0.3) is 11.1 Å². The van der Waals surface area contributed by atoms with Crippen LogP contribution >= 0.6 is 0 Å². The number of amides is 2. The number of hydrogen-bond acceptors (Lipinski definition) is 5. The van der Waals surface area contributed by atoms with Crippen molar-refractivity contribution in [2.75, 3.05) is 19.8 Å². The molecule has 1 aliphatic rings. The fourth-order valence-corrected chi connectivity index (χ4v) is 4.53. The quantitative estimate of drug-likeness (QED) is 0.411. The van der Waals surface area contributed by atoms with Gasteiger partial charge in [0.2, 0.25) is 5.91 Å². The summed E-state index contributed by atoms with van der Waals surface area (Å²) in [6, 6.07) is 14.9. The molecule has 0 spiro atoms. The monoisotopic (exact) mass is 482 g/mol. The first-order chi connectivity index (χ1) is 16.6. The van der Waals surface area contributed by atoms with Crippen LogP contribution in [0, 0.1) is 11.3 Å². The van der Waals surface area contributed by atoms with E-state index in [1.165, 1.54) is 0 Å². The number of benzene rings is 2. The fraction of sp³-hybridized carbons (Fsp3) is 0.444. The summed E-state index contributed by atoms with van der Waals surface area (Å²) < 4.78 is 5.55. The van der Waals surface area contributed by atoms with E-state index in [0.29, 0.717) is 6.42 Å². The molecule has 0 aliphatic heterocycles. The Hall–Kier alpha value is -3.39. The number of carbonyl (C=O) groups excluding carboxylic acids is 2. The van der Waals surface area contributed by atoms with Crippen molar-refractivity contribution in [1.29, 1.82) is 0 Å². The summed E-state index contributed by atoms with van der Waals surface area (Å²) in [5.74, 6) is -2.43. The zero-order valence-corrected chi connectivity index (χ0v) is 20.4. The third-order valence-corrected chi connectivity index (χ3v) is 6.10. The minimum absolute atomic E-state index is 0.00520. The molecule has 0 fully saturated rings. The Balaban J connectivity index is 1.62. The first-order valence-corrected chi connectivity index (χ1v) is 11.8. The summed E-state index contributed by atoms with van der Waals surface area (Å²) in [7, 11) is 0. The third kappa shape index (κ3) is 6.82. The molecule has 0 saturated heterocycles. The second kappa shape index (κ2) is 11.4. The molecular formula is C27H34N2O6. The molecular weight excluding hydrogens is 448 g/mol. The number of aliphatic hydroxyl groups excluding tert-OH is 1. The maximum absolute atomic E-state index is 12.8. The fourth-order valence-electron chi connectivity index (χ4n) is 4.53. The smallest absolute Gasteiger partial charge is 0.407 e. The van der Waals surface area contributed by atoms with E-state index in [-0.39, 0.29) is 37.5 Å². The van der Waals surface area contributed by atoms with Crippen LogP contribution < -0.4 is 10.6 Å². The van der Waals surface area contributed by atoms with Crippen LogP contribution in [0.5, 0.6) is 0 Å². The average molecular weight is 483 g/mol. The number of ether oxygens (including phenoxy) is 1. The standard InChI is InChI=1S/C27H34N2O6/c1-27(2,3)14-17(24(31)29-23(12-13-30)25(32)33)15-28-26(34)35-16-22-20-10-6-4-8-18(20)19-9-5-7-11-21(19)22/h4-11,17,22-23,30H,12-16H2,1-3H3,(H,28,34)(H,29,31)(H,32,33). The number of carboxylic acid groups (broad SMARTS) is 1. The molecule has 8 nitrogen and oxygen atoms in total. The SMILES string of the molecule is CC(C)(C)CC(CNC(=O)OCC1c2ccccc2-c2ccccc21)C(=O)NC(CCO)C(=O)O. The van der Waals surface area contributed by atoms with Gasteiger partial charge < -0.3 is 25.6 Å². The molecule has 0 saturated carbocycles. The number of carbonyl (C=O) groups is 3. The van der Waals surface area contributed by atoms with Gasteiger partial charge in [-0.1, -0.05) is 69.3 Å². The van der Waals surface area contributed by atoms with E-state index in [2.05, 4.69) is 22.8 Å². The molecule has 0 bridgehead atoms. The second-order valence-corrected chi connectivity index (χ2v) is 10.1. The van der Waals surface area contributed by atoms with Crippen molar-refractivity contribution in [1.82, 2.24) is 10.6 Å². The molecule has 0 heterocycles. The van der Waals surface area contributed by atoms with Crippen LogP contribution in [0.1, 0.15) is 50.7 Å². The Morgan fingerprint density at radius 2 is 1.57 bits per heavy atom. The van der Waals surface area contributed by atoms with Crippen molar-refractivity contribution in [3.63, 3.8) is 0 Å². The molecule has 2 unspecified atom stereocenters. The average Bonchev–Trinajstić information content (AvgIpc) is 3.13. The highest BCUT2D eigenvalue weighted by Crippen LogP contribution is 2.44. The van der Waals surface area contributed by atoms with Gasteiger partial charge in [0.15, 0.2) is 0 Å². The minimum Gasteiger partial charge on any atom is -0.480 e. The number of hydrogen-bond donors (Lipinski definition) is 4. The highest BCUT2D eigenvalue weighted by Gasteiger charge is 2.31. The largest absolute Gasteiger partial charge is 0.480 e. The van der Waals surface area contributed by atoms with E-state index in [1.54, 1.807) is 0 Å². The lowest BCUT2D eigenvalue weighted by molar-refractivity contribution is -0.143. The molecule has 35 heavy (non-hydrogen) atoms. The van der Waals surface area contributed by atoms with Crippen LogP contribution in [0.2, 0.25) is 0 Å². The summed E-state index contributed by atoms with van der Waals surface area (Å²) in [5, 5.41) is 23.5. The Kier molecular flexibility index (Phi) is 8.51. The molecule has 0 radical (unpaired) electrons. The van der Waals surface area contributed by atoms with Crippen molar-refractivity contribution in [3.8, 4) is 11.1 Å². The molecule has 2 amide bonds. The summed E-state index contributed by atoms with van der Waals surface area (Å²) in [4.78, 5) is 36.7. The maximum atomic E-state index is 12.8. The lowest BCUT2D eigenvalue weighted by atomic mass is 9.84. The molecule has 2 aromatic rings. The van der Waals surface area contributed by atoms with E-state index < -0.39 is 29.9 Å². The zero-order valence-electron chi connectivity index (χ0n) is 20.4. The Morgan fingerprint density at radius 1 is 1.00 bits per heavy atom. The molecule has 8 heteroatoms. The molecule has 2 atom stereocenters. The van der Waals surface area contributed by atoms with Gasteiger partial charge in [-0.05, 0) is 34.1 Å². The van der Waals surface area contributed by atoms with Crippen molar-refractivity contribution < 1.29 is 29.3 Å². The van der Waals surface area contributed by atoms with Gasteiger partial charge >= 0.3 is 12.1 Å². The summed E-state index contributed by atoms with van der Waals surface area (Å²) >= 11 is 0. The van der Waals surface area contributed by atoms with Crippen molar-refractivity contribution in [3.05, 3.63) is 59.7 Å². The van der Waals surface area contributed by atoms with Gasteiger partial charge in [-0.25, -0.2) is 9.59 Å². The van der Waals surface area contributed by atoms with E-state index in [0.717, 1.165) is 22.3 Å². The number of fused-ring (bicyclic) bond motifs is 3. The van der Waals surface area contributed by atoms with Gasteiger partial charge in [0.05, 0.1) is 5.92 Å². The molecule has 1 aliphatic carbocycles. The van der Waals surface area contributed by atoms with E-state index >= 15 is 0 Å². The topological polar surface area (TPSA) is 125 Å². The zero-order chi connectivity index (χ0) is 25.6. The maximum Gasteiger partial charge on any atom is 0.407 e. The molecule has 188 valence electrons. The number of alkyl carbamates (subject to hydrolysis) is 1. The normalized spacial score (nSPS) is 14.4. The second-order valence-electron chi connectivity index (χ2n) is 10.1. The summed E-state index contributed by atoms with van der Waals surface area (Å²) in [6.45, 7) is 5.69. The van der Waals surface area contributed by atoms with Crippen LogP contribution in [0.4, 0.5) is 4.79 Å². The van der Waals surface area contributed by atoms with Gasteiger partial charge in [-0.2, -0.15) is 0 Å². The van der Waals surface area contributed by atoms with Gasteiger partial charge in [0, 0.05) is 25.5 Å². The van der Waals surface area contributed by atoms with Crippen LogP contribution in [0.3, 0.4) is 0 Å². The highest BCUT2D eigenvalue weighted by molar-refractivity contribution is 5.85. The van der Waals surface area contributed by atoms with E-state index in [9.17, 15) is 19.5 Å². The Morgan fingerprint density at radius 3 is 2.09 bits per heavy atom. The number of aliphatic carboxylic acids is 1. The first kappa shape index (κ1) is 26.2. The van der Waals surface area contributed by atoms with Gasteiger partial charge in [0.1, 0.15) is 12.6 Å². The molecule has 3 rings (SSSR count). The van der Waals surface area contributed by atoms with E-state index in [1.807, 2.05) is 57.2 Å². The van der Waals surface area contributed by atoms with Gasteiger partial charge in [-0.3, -0.25) is 4.79 Å². The van der Waals surface area contributed by atoms with E-state index in [4.69, 9.17) is 9.84 Å². The van der Waals surface area contributed by atoms with Crippen LogP contribution in [-0.4, -0.2) is 54.0 Å². The number of aliphatic hydroxyl groups is 1. The number of nitrogens with one attached hydrogen (secondary N) is 2. The van der Waals surface area contributed by atoms with Crippen molar-refractivity contribution in [2.24, 2.45) is 11.3 Å². The number of rotatable bonds is 10. The Labute approximate surface area is 205 Å². The third-order valence-electron chi connectivity index (χ3n) is 6.10. The lowest BCUT2D eigenvalue weighted by Gasteiger charge is -2.26.